The van der Waals surface area contributed by atoms with Crippen molar-refractivity contribution < 1.29 is 19.0 Å². The maximum absolute atomic E-state index is 12.5. The van der Waals surface area contributed by atoms with Crippen molar-refractivity contribution in [3.8, 4) is 17.6 Å². The Balaban J connectivity index is 1.72. The third kappa shape index (κ3) is 3.96. The van der Waals surface area contributed by atoms with E-state index in [0.29, 0.717) is 23.7 Å². The number of esters is 1. The third-order valence-corrected chi connectivity index (χ3v) is 4.71. The highest BCUT2D eigenvalue weighted by molar-refractivity contribution is 5.95. The minimum absolute atomic E-state index is 0.124. The molecule has 0 radical (unpaired) electrons. The molecule has 1 unspecified atom stereocenters. The molecule has 1 aromatic carbocycles. The summed E-state index contributed by atoms with van der Waals surface area (Å²) in [7, 11) is 0. The Morgan fingerprint density at radius 3 is 2.88 bits per heavy atom. The van der Waals surface area contributed by atoms with Gasteiger partial charge in [-0.15, -0.1) is 0 Å². The average Bonchev–Trinajstić information content (AvgIpc) is 2.66. The molecule has 0 saturated heterocycles. The van der Waals surface area contributed by atoms with Gasteiger partial charge in [-0.1, -0.05) is 31.4 Å². The Bertz CT molecular complexity index is 698. The van der Waals surface area contributed by atoms with Crippen LogP contribution in [0.2, 0.25) is 0 Å². The number of hydrogen-bond donors (Lipinski definition) is 0. The Hall–Kier alpha value is -2.48. The molecule has 0 aromatic heterocycles. The van der Waals surface area contributed by atoms with Crippen molar-refractivity contribution in [2.45, 2.75) is 45.1 Å². The van der Waals surface area contributed by atoms with Gasteiger partial charge < -0.3 is 14.2 Å². The van der Waals surface area contributed by atoms with Crippen LogP contribution in [0.4, 0.5) is 0 Å². The zero-order valence-corrected chi connectivity index (χ0v) is 14.5. The lowest BCUT2D eigenvalue weighted by Gasteiger charge is -2.26. The van der Waals surface area contributed by atoms with E-state index in [2.05, 4.69) is 6.07 Å². The van der Waals surface area contributed by atoms with Gasteiger partial charge in [0.15, 0.2) is 17.6 Å². The lowest BCUT2D eigenvalue weighted by atomic mass is 9.85. The maximum atomic E-state index is 12.5. The number of carbonyl (C=O) groups is 1. The van der Waals surface area contributed by atoms with Gasteiger partial charge in [0.2, 0.25) is 0 Å². The quantitative estimate of drug-likeness (QED) is 0.760. The molecule has 2 aliphatic rings. The predicted molar refractivity (Wildman–Crippen MR) is 93.2 cm³/mol. The van der Waals surface area contributed by atoms with Gasteiger partial charge in [-0.05, 0) is 31.9 Å². The molecule has 1 aliphatic heterocycles. The van der Waals surface area contributed by atoms with Gasteiger partial charge in [-0.3, -0.25) is 0 Å². The van der Waals surface area contributed by atoms with E-state index in [4.69, 9.17) is 14.2 Å². The van der Waals surface area contributed by atoms with Crippen molar-refractivity contribution >= 4 is 12.0 Å². The highest BCUT2D eigenvalue weighted by Gasteiger charge is 2.29. The highest BCUT2D eigenvalue weighted by atomic mass is 16.6. The second kappa shape index (κ2) is 8.06. The second-order valence-electron chi connectivity index (χ2n) is 6.42. The van der Waals surface area contributed by atoms with Crippen LogP contribution in [-0.2, 0) is 9.53 Å². The first kappa shape index (κ1) is 17.3. The van der Waals surface area contributed by atoms with Crippen LogP contribution < -0.4 is 9.47 Å². The molecule has 1 aliphatic carbocycles. The fourth-order valence-corrected chi connectivity index (χ4v) is 3.42. The molecule has 0 bridgehead atoms. The van der Waals surface area contributed by atoms with Crippen LogP contribution in [0.25, 0.3) is 6.08 Å². The Morgan fingerprint density at radius 1 is 1.36 bits per heavy atom. The van der Waals surface area contributed by atoms with Crippen LogP contribution in [0.1, 0.15) is 44.6 Å². The van der Waals surface area contributed by atoms with E-state index in [1.165, 1.54) is 6.42 Å². The van der Waals surface area contributed by atoms with Crippen molar-refractivity contribution in [3.05, 3.63) is 29.3 Å². The van der Waals surface area contributed by atoms with E-state index in [0.717, 1.165) is 31.2 Å². The first-order valence-corrected chi connectivity index (χ1v) is 8.92. The molecule has 1 saturated carbocycles. The third-order valence-electron chi connectivity index (χ3n) is 4.71. The van der Waals surface area contributed by atoms with Gasteiger partial charge in [0.1, 0.15) is 12.7 Å². The predicted octanol–water partition coefficient (Wildman–Crippen LogP) is 3.88. The topological polar surface area (TPSA) is 68.6 Å². The van der Waals surface area contributed by atoms with Gasteiger partial charge in [-0.25, -0.2) is 4.79 Å². The van der Waals surface area contributed by atoms with E-state index in [1.54, 1.807) is 6.08 Å². The Morgan fingerprint density at radius 2 is 2.16 bits per heavy atom. The summed E-state index contributed by atoms with van der Waals surface area (Å²) in [6.07, 6.45) is 6.37. The summed E-state index contributed by atoms with van der Waals surface area (Å²) in [6, 6.07) is 7.72. The summed E-state index contributed by atoms with van der Waals surface area (Å²) in [6.45, 7) is 2.58. The SMILES string of the molecule is CCOc1cccc2c1OCC(C(=O)OC(C#N)C1CCCCC1)=C2. The van der Waals surface area contributed by atoms with Crippen LogP contribution in [0.3, 0.4) is 0 Å². The number of benzene rings is 1. The summed E-state index contributed by atoms with van der Waals surface area (Å²) in [4.78, 5) is 12.5. The van der Waals surface area contributed by atoms with E-state index in [1.807, 2.05) is 25.1 Å². The van der Waals surface area contributed by atoms with Gasteiger partial charge in [0.05, 0.1) is 12.2 Å². The summed E-state index contributed by atoms with van der Waals surface area (Å²) < 4.78 is 16.8. The van der Waals surface area contributed by atoms with Gasteiger partial charge in [0.25, 0.3) is 0 Å². The molecule has 1 heterocycles. The smallest absolute Gasteiger partial charge is 0.338 e. The number of nitriles is 1. The highest BCUT2D eigenvalue weighted by Crippen LogP contribution is 2.36. The summed E-state index contributed by atoms with van der Waals surface area (Å²) in [5, 5.41) is 9.38. The Kier molecular flexibility index (Phi) is 5.60. The number of nitrogens with zero attached hydrogens (tertiary/aromatic N) is 1. The molecule has 3 rings (SSSR count). The van der Waals surface area contributed by atoms with Crippen LogP contribution in [-0.4, -0.2) is 25.3 Å². The largest absolute Gasteiger partial charge is 0.490 e. The van der Waals surface area contributed by atoms with Crippen LogP contribution in [0.15, 0.2) is 23.8 Å². The molecule has 1 aromatic rings. The number of carbonyl (C=O) groups excluding carboxylic acids is 1. The van der Waals surface area contributed by atoms with E-state index in [-0.39, 0.29) is 12.5 Å². The molecule has 0 N–H and O–H groups in total. The van der Waals surface area contributed by atoms with Crippen LogP contribution in [0.5, 0.6) is 11.5 Å². The normalized spacial score (nSPS) is 18.2. The number of hydrogen-bond acceptors (Lipinski definition) is 5. The zero-order chi connectivity index (χ0) is 17.6. The Labute approximate surface area is 148 Å². The zero-order valence-electron chi connectivity index (χ0n) is 14.5. The molecule has 5 nitrogen and oxygen atoms in total. The first-order valence-electron chi connectivity index (χ1n) is 8.92. The van der Waals surface area contributed by atoms with Crippen molar-refractivity contribution in [1.82, 2.24) is 0 Å². The van der Waals surface area contributed by atoms with Gasteiger partial charge in [-0.2, -0.15) is 5.26 Å². The molecule has 1 atom stereocenters. The molecule has 0 spiro atoms. The lowest BCUT2D eigenvalue weighted by Crippen LogP contribution is -2.29. The van der Waals surface area contributed by atoms with E-state index in [9.17, 15) is 10.1 Å². The first-order chi connectivity index (χ1) is 12.2. The average molecular weight is 341 g/mol. The summed E-state index contributed by atoms with van der Waals surface area (Å²) >= 11 is 0. The van der Waals surface area contributed by atoms with Gasteiger partial charge >= 0.3 is 5.97 Å². The number of fused-ring (bicyclic) bond motifs is 1. The van der Waals surface area contributed by atoms with Crippen molar-refractivity contribution in [2.24, 2.45) is 5.92 Å². The van der Waals surface area contributed by atoms with Crippen LogP contribution >= 0.6 is 0 Å². The van der Waals surface area contributed by atoms with Crippen molar-refractivity contribution in [3.63, 3.8) is 0 Å². The lowest BCUT2D eigenvalue weighted by molar-refractivity contribution is -0.144. The summed E-state index contributed by atoms with van der Waals surface area (Å²) in [5.74, 6) is 0.986. The minimum Gasteiger partial charge on any atom is -0.490 e. The van der Waals surface area contributed by atoms with E-state index >= 15 is 0 Å². The summed E-state index contributed by atoms with van der Waals surface area (Å²) in [5.41, 5.74) is 1.22. The van der Waals surface area contributed by atoms with Crippen molar-refractivity contribution in [1.29, 1.82) is 5.26 Å². The monoisotopic (exact) mass is 341 g/mol. The molecule has 25 heavy (non-hydrogen) atoms. The number of para-hydroxylation sites is 1. The standard InChI is InChI=1S/C20H23NO4/c1-2-23-17-10-6-9-15-11-16(13-24-19(15)17)20(22)25-18(12-21)14-7-4-3-5-8-14/h6,9-11,14,18H,2-5,7-8,13H2,1H3. The molecule has 1 fully saturated rings. The number of ether oxygens (including phenoxy) is 3. The molecular weight excluding hydrogens is 318 g/mol. The number of rotatable bonds is 5. The molecule has 132 valence electrons. The van der Waals surface area contributed by atoms with Crippen LogP contribution in [0, 0.1) is 17.2 Å². The molecular formula is C20H23NO4. The second-order valence-corrected chi connectivity index (χ2v) is 6.42. The fraction of sp³-hybridized carbons (Fsp3) is 0.500. The minimum atomic E-state index is -0.676. The maximum Gasteiger partial charge on any atom is 0.338 e. The fourth-order valence-electron chi connectivity index (χ4n) is 3.42. The molecule has 0 amide bonds. The van der Waals surface area contributed by atoms with Crippen molar-refractivity contribution in [2.75, 3.05) is 13.2 Å². The van der Waals surface area contributed by atoms with Gasteiger partial charge in [0, 0.05) is 11.5 Å². The van der Waals surface area contributed by atoms with E-state index < -0.39 is 12.1 Å². The molecule has 5 heteroatoms.